The molecule has 0 amide bonds. The first-order valence-corrected chi connectivity index (χ1v) is 10.8. The van der Waals surface area contributed by atoms with Crippen LogP contribution in [0.4, 0.5) is 13.2 Å². The first-order valence-electron chi connectivity index (χ1n) is 9.82. The number of aromatic nitrogens is 3. The van der Waals surface area contributed by atoms with E-state index in [-0.39, 0.29) is 12.4 Å². The molecular formula is C23H18F3N3O3S. The minimum atomic E-state index is -4.40. The van der Waals surface area contributed by atoms with Gasteiger partial charge in [0.2, 0.25) is 0 Å². The number of thioether (sulfide) groups is 1. The van der Waals surface area contributed by atoms with Crippen molar-refractivity contribution < 1.29 is 27.1 Å². The molecule has 2 heterocycles. The summed E-state index contributed by atoms with van der Waals surface area (Å²) in [6, 6.07) is 15.6. The summed E-state index contributed by atoms with van der Waals surface area (Å²) in [5.74, 6) is 2.29. The summed E-state index contributed by atoms with van der Waals surface area (Å²) in [7, 11) is 0. The lowest BCUT2D eigenvalue weighted by Crippen LogP contribution is -2.06. The maximum atomic E-state index is 12.9. The van der Waals surface area contributed by atoms with Crippen molar-refractivity contribution in [3.8, 4) is 28.7 Å². The van der Waals surface area contributed by atoms with E-state index in [1.165, 1.54) is 24.8 Å². The van der Waals surface area contributed by atoms with Crippen LogP contribution < -0.4 is 4.74 Å². The van der Waals surface area contributed by atoms with E-state index in [1.807, 2.05) is 6.07 Å². The first-order chi connectivity index (χ1) is 15.8. The molecule has 170 valence electrons. The van der Waals surface area contributed by atoms with Gasteiger partial charge in [-0.05, 0) is 48.9 Å². The van der Waals surface area contributed by atoms with Gasteiger partial charge in [0, 0.05) is 5.56 Å². The minimum Gasteiger partial charge on any atom is -0.489 e. The Labute approximate surface area is 191 Å². The van der Waals surface area contributed by atoms with Gasteiger partial charge in [-0.25, -0.2) is 0 Å². The molecule has 0 saturated heterocycles. The lowest BCUT2D eigenvalue weighted by atomic mass is 10.1. The summed E-state index contributed by atoms with van der Waals surface area (Å²) in [6.45, 7) is 1.50. The summed E-state index contributed by atoms with van der Waals surface area (Å²) in [5, 5.41) is 8.55. The molecule has 1 N–H and O–H groups in total. The maximum Gasteiger partial charge on any atom is 0.416 e. The molecule has 0 saturated carbocycles. The number of carbonyl (C=O) groups excluding carboxylic acids is 1. The number of furan rings is 1. The minimum absolute atomic E-state index is 0.00442. The number of hydrogen-bond acceptors (Lipinski definition) is 6. The van der Waals surface area contributed by atoms with Crippen LogP contribution in [0.25, 0.3) is 22.9 Å². The summed E-state index contributed by atoms with van der Waals surface area (Å²) in [6.07, 6.45) is -4.40. The van der Waals surface area contributed by atoms with E-state index in [0.717, 1.165) is 17.7 Å². The van der Waals surface area contributed by atoms with Crippen LogP contribution in [-0.4, -0.2) is 26.7 Å². The summed E-state index contributed by atoms with van der Waals surface area (Å²) < 4.78 is 50.2. The van der Waals surface area contributed by atoms with Gasteiger partial charge < -0.3 is 14.1 Å². The SMILES string of the molecule is CC(=O)CSc1nnc(-c2ccc(-c3cccc(OCc4cccc(C(F)(F)F)c4)c3)o2)[nH]1. The molecule has 0 aliphatic carbocycles. The van der Waals surface area contributed by atoms with E-state index in [2.05, 4.69) is 15.2 Å². The van der Waals surface area contributed by atoms with Crippen molar-refractivity contribution in [2.24, 2.45) is 0 Å². The van der Waals surface area contributed by atoms with E-state index >= 15 is 0 Å². The van der Waals surface area contributed by atoms with Crippen LogP contribution in [-0.2, 0) is 17.6 Å². The Balaban J connectivity index is 1.44. The van der Waals surface area contributed by atoms with Crippen LogP contribution in [0.5, 0.6) is 5.75 Å². The number of H-pyrrole nitrogens is 1. The molecule has 2 aromatic carbocycles. The highest BCUT2D eigenvalue weighted by Crippen LogP contribution is 2.31. The van der Waals surface area contributed by atoms with Gasteiger partial charge in [-0.1, -0.05) is 36.0 Å². The van der Waals surface area contributed by atoms with E-state index in [1.54, 1.807) is 36.4 Å². The van der Waals surface area contributed by atoms with E-state index in [0.29, 0.717) is 39.6 Å². The molecule has 4 aromatic rings. The van der Waals surface area contributed by atoms with Gasteiger partial charge in [-0.15, -0.1) is 10.2 Å². The Morgan fingerprint density at radius 3 is 2.64 bits per heavy atom. The van der Waals surface area contributed by atoms with Crippen LogP contribution in [0.2, 0.25) is 0 Å². The number of carbonyl (C=O) groups is 1. The highest BCUT2D eigenvalue weighted by atomic mass is 32.2. The zero-order valence-corrected chi connectivity index (χ0v) is 18.2. The van der Waals surface area contributed by atoms with Crippen molar-refractivity contribution in [2.75, 3.05) is 5.75 Å². The first kappa shape index (κ1) is 22.7. The van der Waals surface area contributed by atoms with Crippen molar-refractivity contribution >= 4 is 17.5 Å². The normalized spacial score (nSPS) is 11.5. The van der Waals surface area contributed by atoms with Crippen molar-refractivity contribution in [1.82, 2.24) is 15.2 Å². The number of Topliss-reactive ketones (excluding diaryl/α,β-unsaturated/α-hetero) is 1. The van der Waals surface area contributed by atoms with Gasteiger partial charge >= 0.3 is 6.18 Å². The molecule has 0 fully saturated rings. The van der Waals surface area contributed by atoms with E-state index < -0.39 is 11.7 Å². The number of benzene rings is 2. The number of ketones is 1. The van der Waals surface area contributed by atoms with E-state index in [9.17, 15) is 18.0 Å². The Bertz CT molecular complexity index is 1270. The molecule has 0 unspecified atom stereocenters. The standard InChI is InChI=1S/C23H18F3N3O3S/c1-14(30)13-33-22-27-21(28-29-22)20-9-8-19(32-20)16-5-3-7-18(11-16)31-12-15-4-2-6-17(10-15)23(24,25)26/h2-11H,12-13H2,1H3,(H,27,28,29). The van der Waals surface area contributed by atoms with Gasteiger partial charge in [-0.3, -0.25) is 4.79 Å². The molecule has 10 heteroatoms. The maximum absolute atomic E-state index is 12.9. The fourth-order valence-corrected chi connectivity index (χ4v) is 3.56. The second-order valence-electron chi connectivity index (χ2n) is 7.15. The number of alkyl halides is 3. The molecule has 33 heavy (non-hydrogen) atoms. The van der Waals surface area contributed by atoms with Crippen molar-refractivity contribution in [1.29, 1.82) is 0 Å². The zero-order valence-electron chi connectivity index (χ0n) is 17.3. The Morgan fingerprint density at radius 2 is 1.85 bits per heavy atom. The molecule has 0 bridgehead atoms. The second kappa shape index (κ2) is 9.53. The van der Waals surface area contributed by atoms with Crippen molar-refractivity contribution in [3.05, 3.63) is 71.8 Å². The van der Waals surface area contributed by atoms with Gasteiger partial charge in [0.25, 0.3) is 0 Å². The lowest BCUT2D eigenvalue weighted by molar-refractivity contribution is -0.137. The van der Waals surface area contributed by atoms with Gasteiger partial charge in [0.15, 0.2) is 16.7 Å². The van der Waals surface area contributed by atoms with E-state index in [4.69, 9.17) is 9.15 Å². The van der Waals surface area contributed by atoms with Gasteiger partial charge in [0.1, 0.15) is 23.9 Å². The van der Waals surface area contributed by atoms with Crippen LogP contribution in [0.1, 0.15) is 18.1 Å². The highest BCUT2D eigenvalue weighted by Gasteiger charge is 2.30. The number of nitrogens with one attached hydrogen (secondary N) is 1. The van der Waals surface area contributed by atoms with Crippen molar-refractivity contribution in [2.45, 2.75) is 24.9 Å². The Morgan fingerprint density at radius 1 is 1.06 bits per heavy atom. The van der Waals surface area contributed by atoms with Crippen LogP contribution >= 0.6 is 11.8 Å². The molecule has 0 aliphatic rings. The summed E-state index contributed by atoms with van der Waals surface area (Å²) >= 11 is 1.26. The summed E-state index contributed by atoms with van der Waals surface area (Å²) in [4.78, 5) is 14.1. The number of nitrogens with zero attached hydrogens (tertiary/aromatic N) is 2. The quantitative estimate of drug-likeness (QED) is 0.316. The van der Waals surface area contributed by atoms with Crippen LogP contribution in [0.3, 0.4) is 0 Å². The number of hydrogen-bond donors (Lipinski definition) is 1. The molecule has 0 radical (unpaired) electrons. The molecule has 4 rings (SSSR count). The fourth-order valence-electron chi connectivity index (χ4n) is 2.96. The predicted molar refractivity (Wildman–Crippen MR) is 117 cm³/mol. The van der Waals surface area contributed by atoms with Gasteiger partial charge in [0.05, 0.1) is 11.3 Å². The largest absolute Gasteiger partial charge is 0.489 e. The summed E-state index contributed by atoms with van der Waals surface area (Å²) in [5.41, 5.74) is 0.434. The lowest BCUT2D eigenvalue weighted by Gasteiger charge is -2.10. The third-order valence-electron chi connectivity index (χ3n) is 4.50. The fraction of sp³-hybridized carbons (Fsp3) is 0.174. The molecule has 0 spiro atoms. The predicted octanol–water partition coefficient (Wildman–Crippen LogP) is 6.01. The molecule has 0 aliphatic heterocycles. The van der Waals surface area contributed by atoms with Crippen LogP contribution in [0, 0.1) is 0 Å². The van der Waals surface area contributed by atoms with Crippen molar-refractivity contribution in [3.63, 3.8) is 0 Å². The highest BCUT2D eigenvalue weighted by molar-refractivity contribution is 7.99. The average Bonchev–Trinajstić information content (AvgIpc) is 3.46. The molecule has 0 atom stereocenters. The monoisotopic (exact) mass is 473 g/mol. The number of rotatable bonds is 8. The topological polar surface area (TPSA) is 81.0 Å². The third kappa shape index (κ3) is 5.83. The number of halogens is 3. The van der Waals surface area contributed by atoms with Gasteiger partial charge in [-0.2, -0.15) is 13.2 Å². The number of ether oxygens (including phenoxy) is 1. The average molecular weight is 473 g/mol. The Hall–Kier alpha value is -3.53. The molecule has 2 aromatic heterocycles. The Kier molecular flexibility index (Phi) is 6.55. The second-order valence-corrected chi connectivity index (χ2v) is 8.11. The molecule has 6 nitrogen and oxygen atoms in total. The third-order valence-corrected chi connectivity index (χ3v) is 5.50. The smallest absolute Gasteiger partial charge is 0.416 e. The molecular weight excluding hydrogens is 455 g/mol. The van der Waals surface area contributed by atoms with Crippen LogP contribution in [0.15, 0.2) is 70.2 Å². The zero-order chi connectivity index (χ0) is 23.4. The number of aromatic amines is 1.